The number of benzene rings is 3. The molecule has 2 atom stereocenters. The van der Waals surface area contributed by atoms with Crippen LogP contribution in [-0.2, 0) is 9.53 Å². The summed E-state index contributed by atoms with van der Waals surface area (Å²) < 4.78 is 4.96. The summed E-state index contributed by atoms with van der Waals surface area (Å²) >= 11 is 7.91. The van der Waals surface area contributed by atoms with Gasteiger partial charge in [0.05, 0.1) is 7.11 Å². The average Bonchev–Trinajstić information content (AvgIpc) is 3.17. The molecule has 0 saturated carbocycles. The number of halogens is 1. The molecule has 0 spiro atoms. The number of thioether (sulfide) groups is 1. The summed E-state index contributed by atoms with van der Waals surface area (Å²) in [5, 5.41) is 2.25. The predicted octanol–water partition coefficient (Wildman–Crippen LogP) is 4.92. The fourth-order valence-corrected chi connectivity index (χ4v) is 5.21. The lowest BCUT2D eigenvalue weighted by Crippen LogP contribution is -2.43. The molecular formula is C22H18ClNO3S. The molecule has 4 rings (SSSR count). The second-order valence-electron chi connectivity index (χ2n) is 6.52. The number of carbonyl (C=O) groups excluding carboxylic acids is 2. The number of nitrogens with zero attached hydrogens (tertiary/aromatic N) is 1. The van der Waals surface area contributed by atoms with Crippen molar-refractivity contribution in [2.45, 2.75) is 11.4 Å². The van der Waals surface area contributed by atoms with Crippen LogP contribution in [-0.4, -0.2) is 35.7 Å². The Morgan fingerprint density at radius 1 is 1.04 bits per heavy atom. The van der Waals surface area contributed by atoms with Gasteiger partial charge in [0.25, 0.3) is 5.91 Å². The van der Waals surface area contributed by atoms with Crippen molar-refractivity contribution < 1.29 is 14.3 Å². The molecule has 1 amide bonds. The van der Waals surface area contributed by atoms with Crippen molar-refractivity contribution in [1.29, 1.82) is 0 Å². The molecule has 1 aliphatic rings. The van der Waals surface area contributed by atoms with E-state index in [4.69, 9.17) is 16.3 Å². The first-order valence-electron chi connectivity index (χ1n) is 8.85. The third kappa shape index (κ3) is 3.36. The van der Waals surface area contributed by atoms with Gasteiger partial charge in [-0.05, 0) is 29.0 Å². The SMILES string of the molecule is COC(=O)C1CSC(c2ccccc2Cl)N1C(=O)c1ccc2ccccc2c1. The molecule has 2 unspecified atom stereocenters. The van der Waals surface area contributed by atoms with Gasteiger partial charge in [0.2, 0.25) is 0 Å². The lowest BCUT2D eigenvalue weighted by molar-refractivity contribution is -0.145. The number of carbonyl (C=O) groups is 2. The lowest BCUT2D eigenvalue weighted by Gasteiger charge is -2.29. The van der Waals surface area contributed by atoms with E-state index in [1.807, 2.05) is 54.6 Å². The van der Waals surface area contributed by atoms with Crippen LogP contribution < -0.4 is 0 Å². The molecule has 142 valence electrons. The Morgan fingerprint density at radius 2 is 1.75 bits per heavy atom. The summed E-state index contributed by atoms with van der Waals surface area (Å²) in [7, 11) is 1.34. The highest BCUT2D eigenvalue weighted by molar-refractivity contribution is 7.99. The van der Waals surface area contributed by atoms with Crippen LogP contribution in [0.3, 0.4) is 0 Å². The van der Waals surface area contributed by atoms with Gasteiger partial charge in [-0.3, -0.25) is 4.79 Å². The van der Waals surface area contributed by atoms with E-state index in [1.54, 1.807) is 17.0 Å². The molecular weight excluding hydrogens is 394 g/mol. The molecule has 1 heterocycles. The van der Waals surface area contributed by atoms with Crippen molar-refractivity contribution in [2.24, 2.45) is 0 Å². The Balaban J connectivity index is 1.76. The summed E-state index contributed by atoms with van der Waals surface area (Å²) in [5.41, 5.74) is 1.35. The van der Waals surface area contributed by atoms with E-state index < -0.39 is 12.0 Å². The van der Waals surface area contributed by atoms with Gasteiger partial charge in [0, 0.05) is 21.9 Å². The zero-order valence-corrected chi connectivity index (χ0v) is 16.7. The van der Waals surface area contributed by atoms with E-state index in [9.17, 15) is 9.59 Å². The van der Waals surface area contributed by atoms with E-state index in [2.05, 4.69) is 0 Å². The monoisotopic (exact) mass is 411 g/mol. The fraction of sp³-hybridized carbons (Fsp3) is 0.182. The maximum atomic E-state index is 13.5. The largest absolute Gasteiger partial charge is 0.467 e. The summed E-state index contributed by atoms with van der Waals surface area (Å²) in [6, 6.07) is 20.2. The van der Waals surface area contributed by atoms with Gasteiger partial charge in [-0.25, -0.2) is 4.79 Å². The van der Waals surface area contributed by atoms with Crippen molar-refractivity contribution in [3.63, 3.8) is 0 Å². The molecule has 0 bridgehead atoms. The van der Waals surface area contributed by atoms with Crippen LogP contribution in [0.5, 0.6) is 0 Å². The van der Waals surface area contributed by atoms with E-state index in [-0.39, 0.29) is 11.3 Å². The molecule has 3 aromatic carbocycles. The second-order valence-corrected chi connectivity index (χ2v) is 8.04. The highest BCUT2D eigenvalue weighted by Gasteiger charge is 2.43. The van der Waals surface area contributed by atoms with Gasteiger partial charge in [-0.2, -0.15) is 0 Å². The van der Waals surface area contributed by atoms with Gasteiger partial charge in [-0.15, -0.1) is 11.8 Å². The molecule has 0 radical (unpaired) electrons. The molecule has 28 heavy (non-hydrogen) atoms. The van der Waals surface area contributed by atoms with Gasteiger partial charge in [0.15, 0.2) is 0 Å². The van der Waals surface area contributed by atoms with Crippen molar-refractivity contribution in [2.75, 3.05) is 12.9 Å². The van der Waals surface area contributed by atoms with E-state index in [0.29, 0.717) is 16.3 Å². The van der Waals surface area contributed by atoms with Crippen LogP contribution in [0.4, 0.5) is 0 Å². The number of hydrogen-bond donors (Lipinski definition) is 0. The molecule has 4 nitrogen and oxygen atoms in total. The van der Waals surface area contributed by atoms with Gasteiger partial charge in [0.1, 0.15) is 11.4 Å². The maximum Gasteiger partial charge on any atom is 0.329 e. The molecule has 6 heteroatoms. The van der Waals surface area contributed by atoms with Crippen LogP contribution in [0, 0.1) is 0 Å². The quantitative estimate of drug-likeness (QED) is 0.574. The van der Waals surface area contributed by atoms with Crippen LogP contribution in [0.25, 0.3) is 10.8 Å². The van der Waals surface area contributed by atoms with E-state index in [0.717, 1.165) is 16.3 Å². The molecule has 0 aliphatic carbocycles. The normalized spacial score (nSPS) is 19.0. The predicted molar refractivity (Wildman–Crippen MR) is 113 cm³/mol. The van der Waals surface area contributed by atoms with Crippen LogP contribution in [0.2, 0.25) is 5.02 Å². The Hall–Kier alpha value is -2.50. The minimum atomic E-state index is -0.657. The number of methoxy groups -OCH3 is 1. The lowest BCUT2D eigenvalue weighted by atomic mass is 10.0. The summed E-state index contributed by atoms with van der Waals surface area (Å²) in [6.45, 7) is 0. The van der Waals surface area contributed by atoms with Crippen molar-refractivity contribution in [1.82, 2.24) is 4.90 Å². The van der Waals surface area contributed by atoms with Gasteiger partial charge in [-0.1, -0.05) is 60.1 Å². The standard InChI is InChI=1S/C22H18ClNO3S/c1-27-22(26)19-13-28-21(17-8-4-5-9-18(17)23)24(19)20(25)16-11-10-14-6-2-3-7-15(14)12-16/h2-12,19,21H,13H2,1H3. The van der Waals surface area contributed by atoms with Crippen LogP contribution >= 0.6 is 23.4 Å². The summed E-state index contributed by atoms with van der Waals surface area (Å²) in [5.74, 6) is -0.172. The number of hydrogen-bond acceptors (Lipinski definition) is 4. The van der Waals surface area contributed by atoms with E-state index in [1.165, 1.54) is 18.9 Å². The molecule has 1 fully saturated rings. The second kappa shape index (κ2) is 7.86. The third-order valence-corrected chi connectivity index (χ3v) is 6.53. The minimum absolute atomic E-state index is 0.212. The molecule has 0 N–H and O–H groups in total. The molecule has 1 saturated heterocycles. The highest BCUT2D eigenvalue weighted by atomic mass is 35.5. The first-order chi connectivity index (χ1) is 13.6. The van der Waals surface area contributed by atoms with Crippen molar-refractivity contribution in [3.8, 4) is 0 Å². The van der Waals surface area contributed by atoms with Crippen LogP contribution in [0.15, 0.2) is 66.7 Å². The summed E-state index contributed by atoms with van der Waals surface area (Å²) in [4.78, 5) is 27.4. The smallest absolute Gasteiger partial charge is 0.329 e. The molecule has 0 aromatic heterocycles. The number of fused-ring (bicyclic) bond motifs is 1. The Kier molecular flexibility index (Phi) is 5.29. The van der Waals surface area contributed by atoms with Gasteiger partial charge < -0.3 is 9.64 Å². The highest BCUT2D eigenvalue weighted by Crippen LogP contribution is 2.44. The summed E-state index contributed by atoms with van der Waals surface area (Å²) in [6.07, 6.45) is 0. The Bertz CT molecular complexity index is 1050. The minimum Gasteiger partial charge on any atom is -0.467 e. The maximum absolute atomic E-state index is 13.5. The first-order valence-corrected chi connectivity index (χ1v) is 10.3. The zero-order chi connectivity index (χ0) is 19.7. The van der Waals surface area contributed by atoms with Crippen molar-refractivity contribution in [3.05, 3.63) is 82.9 Å². The molecule has 1 aliphatic heterocycles. The zero-order valence-electron chi connectivity index (χ0n) is 15.2. The molecule has 3 aromatic rings. The Labute approximate surface area is 172 Å². The van der Waals surface area contributed by atoms with Gasteiger partial charge >= 0.3 is 5.97 Å². The van der Waals surface area contributed by atoms with Crippen LogP contribution in [0.1, 0.15) is 21.3 Å². The van der Waals surface area contributed by atoms with E-state index >= 15 is 0 Å². The first kappa shape index (κ1) is 18.8. The number of ether oxygens (including phenoxy) is 1. The number of amides is 1. The Morgan fingerprint density at radius 3 is 2.50 bits per heavy atom. The number of esters is 1. The van der Waals surface area contributed by atoms with Crippen molar-refractivity contribution >= 4 is 46.0 Å². The fourth-order valence-electron chi connectivity index (χ4n) is 3.46. The third-order valence-electron chi connectivity index (χ3n) is 4.88. The topological polar surface area (TPSA) is 46.6 Å². The average molecular weight is 412 g/mol. The number of rotatable bonds is 3.